The number of carbonyl (C=O) groups is 1. The Kier molecular flexibility index (Phi) is 4.85. The summed E-state index contributed by atoms with van der Waals surface area (Å²) in [6.07, 6.45) is 0.939. The third-order valence-corrected chi connectivity index (χ3v) is 4.19. The molecule has 0 saturated heterocycles. The number of anilines is 2. The van der Waals surface area contributed by atoms with Crippen LogP contribution in [0.3, 0.4) is 0 Å². The first-order chi connectivity index (χ1) is 10.0. The molecule has 1 aromatic carbocycles. The van der Waals surface area contributed by atoms with Crippen LogP contribution in [0.15, 0.2) is 29.6 Å². The lowest BCUT2D eigenvalue weighted by atomic mass is 10.1. The van der Waals surface area contributed by atoms with Crippen LogP contribution < -0.4 is 11.1 Å². The lowest BCUT2D eigenvalue weighted by molar-refractivity contribution is 0.0602. The van der Waals surface area contributed by atoms with Crippen molar-refractivity contribution in [1.82, 2.24) is 0 Å². The molecule has 3 N–H and O–H groups in total. The second-order valence-electron chi connectivity index (χ2n) is 5.07. The van der Waals surface area contributed by atoms with E-state index in [1.54, 1.807) is 17.4 Å². The topological polar surface area (TPSA) is 64.3 Å². The Morgan fingerprint density at radius 2 is 2.24 bits per heavy atom. The van der Waals surface area contributed by atoms with E-state index in [1.807, 2.05) is 13.0 Å². The summed E-state index contributed by atoms with van der Waals surface area (Å²) >= 11 is 1.74. The van der Waals surface area contributed by atoms with Gasteiger partial charge in [0.15, 0.2) is 0 Å². The van der Waals surface area contributed by atoms with Gasteiger partial charge in [0, 0.05) is 28.7 Å². The Hall–Kier alpha value is -2.01. The highest BCUT2D eigenvalue weighted by Crippen LogP contribution is 2.24. The maximum Gasteiger partial charge on any atom is 0.340 e. The van der Waals surface area contributed by atoms with Gasteiger partial charge in [-0.1, -0.05) is 6.07 Å². The molecule has 2 rings (SSSR count). The van der Waals surface area contributed by atoms with Crippen LogP contribution in [0.1, 0.15) is 27.7 Å². The number of ether oxygens (including phenoxy) is 1. The van der Waals surface area contributed by atoms with Gasteiger partial charge in [-0.2, -0.15) is 0 Å². The van der Waals surface area contributed by atoms with Crippen LogP contribution >= 0.6 is 11.3 Å². The lowest BCUT2D eigenvalue weighted by Crippen LogP contribution is -2.18. The smallest absolute Gasteiger partial charge is 0.340 e. The Bertz CT molecular complexity index is 623. The van der Waals surface area contributed by atoms with Crippen LogP contribution in [0.4, 0.5) is 11.4 Å². The van der Waals surface area contributed by atoms with Gasteiger partial charge in [0.2, 0.25) is 0 Å². The van der Waals surface area contributed by atoms with Crippen LogP contribution in [0.25, 0.3) is 0 Å². The zero-order valence-corrected chi connectivity index (χ0v) is 13.3. The Balaban J connectivity index is 2.16. The first-order valence-corrected chi connectivity index (χ1v) is 7.66. The van der Waals surface area contributed by atoms with Gasteiger partial charge < -0.3 is 15.8 Å². The summed E-state index contributed by atoms with van der Waals surface area (Å²) < 4.78 is 4.77. The molecule has 0 aliphatic heterocycles. The molecule has 0 radical (unpaired) electrons. The van der Waals surface area contributed by atoms with Crippen LogP contribution in [0.2, 0.25) is 0 Å². The maximum atomic E-state index is 11.8. The van der Waals surface area contributed by atoms with Gasteiger partial charge in [-0.3, -0.25) is 0 Å². The standard InChI is InChI=1S/C16H20N2O2S/c1-10-7-12(9-14(15(10)17)16(19)20-3)18-11(2)8-13-5-4-6-21-13/h4-7,9,11,18H,8,17H2,1-3H3. The van der Waals surface area contributed by atoms with E-state index < -0.39 is 5.97 Å². The molecular formula is C16H20N2O2S. The minimum absolute atomic E-state index is 0.261. The van der Waals surface area contributed by atoms with Gasteiger partial charge in [-0.25, -0.2) is 4.79 Å². The van der Waals surface area contributed by atoms with E-state index in [-0.39, 0.29) is 6.04 Å². The molecule has 5 heteroatoms. The van der Waals surface area contributed by atoms with Crippen LogP contribution in [0, 0.1) is 6.92 Å². The SMILES string of the molecule is COC(=O)c1cc(NC(C)Cc2cccs2)cc(C)c1N. The van der Waals surface area contributed by atoms with Gasteiger partial charge >= 0.3 is 5.97 Å². The van der Waals surface area contributed by atoms with Crippen molar-refractivity contribution in [2.45, 2.75) is 26.3 Å². The summed E-state index contributed by atoms with van der Waals surface area (Å²) in [6, 6.07) is 8.13. The number of aryl methyl sites for hydroxylation is 1. The van der Waals surface area contributed by atoms with Gasteiger partial charge in [0.05, 0.1) is 12.7 Å². The molecule has 0 aliphatic carbocycles. The van der Waals surface area contributed by atoms with E-state index in [2.05, 4.69) is 29.8 Å². The molecule has 1 aromatic heterocycles. The number of nitrogen functional groups attached to an aromatic ring is 1. The number of carbonyl (C=O) groups excluding carboxylic acids is 1. The zero-order valence-electron chi connectivity index (χ0n) is 12.5. The second kappa shape index (κ2) is 6.63. The Labute approximate surface area is 128 Å². The van der Waals surface area contributed by atoms with Crippen molar-refractivity contribution < 1.29 is 9.53 Å². The molecule has 21 heavy (non-hydrogen) atoms. The minimum atomic E-state index is -0.412. The summed E-state index contributed by atoms with van der Waals surface area (Å²) in [6.45, 7) is 4.00. The van der Waals surface area contributed by atoms with Gasteiger partial charge in [0.25, 0.3) is 0 Å². The highest BCUT2D eigenvalue weighted by Gasteiger charge is 2.14. The van der Waals surface area contributed by atoms with Crippen LogP contribution in [-0.2, 0) is 11.2 Å². The molecule has 2 aromatic rings. The molecule has 0 aliphatic rings. The van der Waals surface area contributed by atoms with Crippen molar-refractivity contribution in [3.63, 3.8) is 0 Å². The fourth-order valence-corrected chi connectivity index (χ4v) is 3.06. The van der Waals surface area contributed by atoms with E-state index in [0.717, 1.165) is 17.7 Å². The van der Waals surface area contributed by atoms with Crippen LogP contribution in [-0.4, -0.2) is 19.1 Å². The number of methoxy groups -OCH3 is 1. The average Bonchev–Trinajstić information content (AvgIpc) is 2.94. The molecular weight excluding hydrogens is 284 g/mol. The average molecular weight is 304 g/mol. The van der Waals surface area contributed by atoms with E-state index in [4.69, 9.17) is 10.5 Å². The molecule has 112 valence electrons. The molecule has 1 unspecified atom stereocenters. The Morgan fingerprint density at radius 3 is 2.86 bits per heavy atom. The van der Waals surface area contributed by atoms with Gasteiger partial charge in [-0.15, -0.1) is 11.3 Å². The molecule has 0 fully saturated rings. The van der Waals surface area contributed by atoms with Crippen molar-refractivity contribution in [1.29, 1.82) is 0 Å². The van der Waals surface area contributed by atoms with E-state index in [9.17, 15) is 4.79 Å². The number of hydrogen-bond acceptors (Lipinski definition) is 5. The number of thiophene rings is 1. The van der Waals surface area contributed by atoms with Crippen molar-refractivity contribution in [2.24, 2.45) is 0 Å². The van der Waals surface area contributed by atoms with Crippen LogP contribution in [0.5, 0.6) is 0 Å². The number of esters is 1. The first-order valence-electron chi connectivity index (χ1n) is 6.78. The van der Waals surface area contributed by atoms with E-state index in [0.29, 0.717) is 11.3 Å². The van der Waals surface area contributed by atoms with Gasteiger partial charge in [-0.05, 0) is 43.0 Å². The molecule has 1 heterocycles. The molecule has 0 amide bonds. The highest BCUT2D eigenvalue weighted by molar-refractivity contribution is 7.09. The highest BCUT2D eigenvalue weighted by atomic mass is 32.1. The monoisotopic (exact) mass is 304 g/mol. The third kappa shape index (κ3) is 3.76. The number of nitrogens with two attached hydrogens (primary N) is 1. The summed E-state index contributed by atoms with van der Waals surface area (Å²) in [5.41, 5.74) is 8.56. The fraction of sp³-hybridized carbons (Fsp3) is 0.312. The van der Waals surface area contributed by atoms with Crippen molar-refractivity contribution in [3.05, 3.63) is 45.6 Å². The largest absolute Gasteiger partial charge is 0.465 e. The van der Waals surface area contributed by atoms with E-state index >= 15 is 0 Å². The number of nitrogens with one attached hydrogen (secondary N) is 1. The molecule has 0 spiro atoms. The quantitative estimate of drug-likeness (QED) is 0.656. The molecule has 0 saturated carbocycles. The second-order valence-corrected chi connectivity index (χ2v) is 6.11. The van der Waals surface area contributed by atoms with Crippen molar-refractivity contribution in [2.75, 3.05) is 18.2 Å². The van der Waals surface area contributed by atoms with Crippen molar-refractivity contribution in [3.8, 4) is 0 Å². The Morgan fingerprint density at radius 1 is 1.48 bits per heavy atom. The fourth-order valence-electron chi connectivity index (χ4n) is 2.23. The van der Waals surface area contributed by atoms with Gasteiger partial charge in [0.1, 0.15) is 0 Å². The van der Waals surface area contributed by atoms with Crippen molar-refractivity contribution >= 4 is 28.7 Å². The third-order valence-electron chi connectivity index (χ3n) is 3.29. The maximum absolute atomic E-state index is 11.8. The van der Waals surface area contributed by atoms with E-state index in [1.165, 1.54) is 12.0 Å². The predicted molar refractivity (Wildman–Crippen MR) is 88.0 cm³/mol. The molecule has 0 bridgehead atoms. The molecule has 1 atom stereocenters. The zero-order chi connectivity index (χ0) is 15.4. The number of rotatable bonds is 5. The summed E-state index contributed by atoms with van der Waals surface area (Å²) in [5.74, 6) is -0.412. The normalized spacial score (nSPS) is 12.0. The number of hydrogen-bond donors (Lipinski definition) is 2. The predicted octanol–water partition coefficient (Wildman–Crippen LogP) is 3.47. The lowest BCUT2D eigenvalue weighted by Gasteiger charge is -2.17. The number of benzene rings is 1. The summed E-state index contributed by atoms with van der Waals surface area (Å²) in [4.78, 5) is 13.1. The first kappa shape index (κ1) is 15.4. The molecule has 4 nitrogen and oxygen atoms in total. The minimum Gasteiger partial charge on any atom is -0.465 e. The summed E-state index contributed by atoms with van der Waals surface area (Å²) in [7, 11) is 1.36. The summed E-state index contributed by atoms with van der Waals surface area (Å²) in [5, 5.41) is 5.49.